The minimum absolute atomic E-state index is 0.0938. The van der Waals surface area contributed by atoms with Gasteiger partial charge in [0.25, 0.3) is 5.69 Å². The fraction of sp³-hybridized carbons (Fsp3) is 0.300. The van der Waals surface area contributed by atoms with Crippen molar-refractivity contribution in [3.8, 4) is 0 Å². The summed E-state index contributed by atoms with van der Waals surface area (Å²) in [7, 11) is 0. The van der Waals surface area contributed by atoms with Gasteiger partial charge in [-0.25, -0.2) is 0 Å². The third-order valence-electron chi connectivity index (χ3n) is 2.18. The second-order valence-corrected chi connectivity index (χ2v) is 3.98. The molecule has 1 aromatic carbocycles. The van der Waals surface area contributed by atoms with E-state index in [4.69, 9.17) is 16.7 Å². The molecule has 2 N–H and O–H groups in total. The van der Waals surface area contributed by atoms with Crippen LogP contribution in [0.4, 0.5) is 11.4 Å². The second-order valence-electron chi connectivity index (χ2n) is 3.54. The highest BCUT2D eigenvalue weighted by Gasteiger charge is 2.16. The summed E-state index contributed by atoms with van der Waals surface area (Å²) < 4.78 is 0. The van der Waals surface area contributed by atoms with Gasteiger partial charge in [-0.05, 0) is 12.1 Å². The van der Waals surface area contributed by atoms with Gasteiger partial charge in [-0.1, -0.05) is 18.5 Å². The van der Waals surface area contributed by atoms with Crippen LogP contribution < -0.4 is 5.32 Å². The molecule has 1 unspecified atom stereocenters. The summed E-state index contributed by atoms with van der Waals surface area (Å²) >= 11 is 5.72. The number of carboxylic acids is 1. The zero-order valence-electron chi connectivity index (χ0n) is 9.01. The van der Waals surface area contributed by atoms with Gasteiger partial charge in [-0.15, -0.1) is 0 Å². The van der Waals surface area contributed by atoms with Crippen molar-refractivity contribution in [3.63, 3.8) is 0 Å². The fourth-order valence-corrected chi connectivity index (χ4v) is 1.33. The van der Waals surface area contributed by atoms with Crippen molar-refractivity contribution >= 4 is 28.9 Å². The van der Waals surface area contributed by atoms with Crippen molar-refractivity contribution in [1.82, 2.24) is 0 Å². The molecule has 0 amide bonds. The number of anilines is 1. The van der Waals surface area contributed by atoms with E-state index in [0.717, 1.165) is 0 Å². The normalized spacial score (nSPS) is 11.9. The maximum atomic E-state index is 10.7. The molecule has 0 radical (unpaired) electrons. The lowest BCUT2D eigenvalue weighted by Gasteiger charge is -2.10. The molecule has 92 valence electrons. The Bertz CT molecular complexity index is 450. The molecular weight excluding hydrogens is 248 g/mol. The molecular formula is C10H11ClN2O4. The monoisotopic (exact) mass is 258 g/mol. The van der Waals surface area contributed by atoms with Crippen LogP contribution in [0.5, 0.6) is 0 Å². The lowest BCUT2D eigenvalue weighted by atomic mass is 10.2. The number of benzene rings is 1. The molecule has 0 heterocycles. The third kappa shape index (κ3) is 3.60. The van der Waals surface area contributed by atoms with Gasteiger partial charge in [0.05, 0.1) is 10.8 Å². The molecule has 0 bridgehead atoms. The molecule has 1 atom stereocenters. The molecule has 0 aliphatic rings. The van der Waals surface area contributed by atoms with Gasteiger partial charge >= 0.3 is 5.97 Å². The minimum atomic E-state index is -0.970. The smallest absolute Gasteiger partial charge is 0.308 e. The number of nitro benzene ring substituents is 1. The highest BCUT2D eigenvalue weighted by atomic mass is 35.5. The Hall–Kier alpha value is -1.82. The summed E-state index contributed by atoms with van der Waals surface area (Å²) in [5, 5.41) is 22.5. The number of nitrogens with zero attached hydrogens (tertiary/aromatic N) is 1. The van der Waals surface area contributed by atoms with Crippen LogP contribution in [0.3, 0.4) is 0 Å². The number of carboxylic acid groups (broad SMARTS) is 1. The van der Waals surface area contributed by atoms with Crippen LogP contribution in [0.2, 0.25) is 5.02 Å². The van der Waals surface area contributed by atoms with Gasteiger partial charge in [0.15, 0.2) is 0 Å². The summed E-state index contributed by atoms with van der Waals surface area (Å²) in [5.41, 5.74) is 0.0857. The highest BCUT2D eigenvalue weighted by molar-refractivity contribution is 6.31. The van der Waals surface area contributed by atoms with E-state index in [9.17, 15) is 14.9 Å². The largest absolute Gasteiger partial charge is 0.481 e. The number of rotatable bonds is 5. The van der Waals surface area contributed by atoms with Gasteiger partial charge in [0.2, 0.25) is 0 Å². The molecule has 6 nitrogen and oxygen atoms in total. The Morgan fingerprint density at radius 2 is 2.29 bits per heavy atom. The number of halogens is 1. The molecule has 0 aliphatic heterocycles. The standard InChI is InChI=1S/C10H11ClN2O4/c1-6(10(14)15)5-12-8-4-7(11)2-3-9(8)13(16)17/h2-4,6,12H,5H2,1H3,(H,14,15). The van der Waals surface area contributed by atoms with E-state index in [0.29, 0.717) is 5.02 Å². The molecule has 17 heavy (non-hydrogen) atoms. The molecule has 0 aromatic heterocycles. The lowest BCUT2D eigenvalue weighted by Crippen LogP contribution is -2.20. The molecule has 1 rings (SSSR count). The van der Waals surface area contributed by atoms with Gasteiger partial charge < -0.3 is 10.4 Å². The van der Waals surface area contributed by atoms with E-state index in [1.807, 2.05) is 0 Å². The predicted octanol–water partition coefficient (Wildman–Crippen LogP) is 2.38. The van der Waals surface area contributed by atoms with E-state index < -0.39 is 16.8 Å². The topological polar surface area (TPSA) is 92.5 Å². The Balaban J connectivity index is 2.85. The average molecular weight is 259 g/mol. The molecule has 0 saturated heterocycles. The van der Waals surface area contributed by atoms with Crippen molar-refractivity contribution < 1.29 is 14.8 Å². The Morgan fingerprint density at radius 3 is 2.82 bits per heavy atom. The molecule has 0 fully saturated rings. The zero-order valence-corrected chi connectivity index (χ0v) is 9.77. The number of aliphatic carboxylic acids is 1. The first-order valence-corrected chi connectivity index (χ1v) is 5.20. The summed E-state index contributed by atoms with van der Waals surface area (Å²) in [6, 6.07) is 4.08. The fourth-order valence-electron chi connectivity index (χ4n) is 1.16. The van der Waals surface area contributed by atoms with Crippen molar-refractivity contribution in [3.05, 3.63) is 33.3 Å². The summed E-state index contributed by atoms with van der Waals surface area (Å²) in [6.45, 7) is 1.60. The van der Waals surface area contributed by atoms with Gasteiger partial charge in [-0.3, -0.25) is 14.9 Å². The third-order valence-corrected chi connectivity index (χ3v) is 2.41. The first-order chi connectivity index (χ1) is 7.91. The Morgan fingerprint density at radius 1 is 1.65 bits per heavy atom. The van der Waals surface area contributed by atoms with E-state index in [1.165, 1.54) is 25.1 Å². The van der Waals surface area contributed by atoms with Crippen LogP contribution in [-0.4, -0.2) is 22.5 Å². The molecule has 0 spiro atoms. The van der Waals surface area contributed by atoms with Crippen molar-refractivity contribution in [1.29, 1.82) is 0 Å². The molecule has 1 aromatic rings. The molecule has 7 heteroatoms. The number of nitro groups is 1. The zero-order chi connectivity index (χ0) is 13.0. The lowest BCUT2D eigenvalue weighted by molar-refractivity contribution is -0.384. The van der Waals surface area contributed by atoms with Crippen LogP contribution in [0.15, 0.2) is 18.2 Å². The van der Waals surface area contributed by atoms with Crippen molar-refractivity contribution in [2.45, 2.75) is 6.92 Å². The SMILES string of the molecule is CC(CNc1cc(Cl)ccc1[N+](=O)[O-])C(=O)O. The van der Waals surface area contributed by atoms with Crippen LogP contribution >= 0.6 is 11.6 Å². The van der Waals surface area contributed by atoms with Crippen LogP contribution in [0, 0.1) is 16.0 Å². The molecule has 0 aliphatic carbocycles. The van der Waals surface area contributed by atoms with Gasteiger partial charge in [0.1, 0.15) is 5.69 Å². The van der Waals surface area contributed by atoms with E-state index in [1.54, 1.807) is 0 Å². The van der Waals surface area contributed by atoms with Crippen LogP contribution in [0.1, 0.15) is 6.92 Å². The first-order valence-electron chi connectivity index (χ1n) is 4.82. The Kier molecular flexibility index (Phi) is 4.28. The predicted molar refractivity (Wildman–Crippen MR) is 63.4 cm³/mol. The van der Waals surface area contributed by atoms with E-state index in [2.05, 4.69) is 5.32 Å². The highest BCUT2D eigenvalue weighted by Crippen LogP contribution is 2.27. The van der Waals surface area contributed by atoms with Gasteiger partial charge in [-0.2, -0.15) is 0 Å². The Labute approximate surface area is 102 Å². The summed E-state index contributed by atoms with van der Waals surface area (Å²) in [6.07, 6.45) is 0. The summed E-state index contributed by atoms with van der Waals surface area (Å²) in [4.78, 5) is 20.8. The number of carbonyl (C=O) groups is 1. The quantitative estimate of drug-likeness (QED) is 0.625. The number of hydrogen-bond acceptors (Lipinski definition) is 4. The van der Waals surface area contributed by atoms with Crippen molar-refractivity contribution in [2.75, 3.05) is 11.9 Å². The van der Waals surface area contributed by atoms with E-state index in [-0.39, 0.29) is 17.9 Å². The second kappa shape index (κ2) is 5.49. The number of hydrogen-bond donors (Lipinski definition) is 2. The average Bonchev–Trinajstić information content (AvgIpc) is 2.25. The van der Waals surface area contributed by atoms with Gasteiger partial charge in [0, 0.05) is 17.6 Å². The molecule has 0 saturated carbocycles. The minimum Gasteiger partial charge on any atom is -0.481 e. The van der Waals surface area contributed by atoms with Crippen molar-refractivity contribution in [2.24, 2.45) is 5.92 Å². The maximum Gasteiger partial charge on any atom is 0.308 e. The van der Waals surface area contributed by atoms with E-state index >= 15 is 0 Å². The first kappa shape index (κ1) is 13.2. The summed E-state index contributed by atoms with van der Waals surface area (Å²) in [5.74, 6) is -1.62. The maximum absolute atomic E-state index is 10.7. The van der Waals surface area contributed by atoms with Crippen LogP contribution in [-0.2, 0) is 4.79 Å². The van der Waals surface area contributed by atoms with Crippen LogP contribution in [0.25, 0.3) is 0 Å². The number of nitrogens with one attached hydrogen (secondary N) is 1.